The number of nitrogens with zero attached hydrogens (tertiary/aromatic N) is 2. The lowest BCUT2D eigenvalue weighted by molar-refractivity contribution is -0.133. The minimum absolute atomic E-state index is 0.0335. The molecule has 2 aromatic carbocycles. The largest absolute Gasteiger partial charge is 0.376 e. The number of carbonyl (C=O) groups excluding carboxylic acids is 2. The minimum Gasteiger partial charge on any atom is -0.376 e. The summed E-state index contributed by atoms with van der Waals surface area (Å²) in [5.41, 5.74) is 1.37. The Hall–Kier alpha value is -2.83. The molecule has 2 atom stereocenters. The third kappa shape index (κ3) is 3.67. The van der Waals surface area contributed by atoms with Gasteiger partial charge in [-0.1, -0.05) is 41.9 Å². The van der Waals surface area contributed by atoms with Gasteiger partial charge in [0.15, 0.2) is 0 Å². The van der Waals surface area contributed by atoms with Gasteiger partial charge in [-0.2, -0.15) is 0 Å². The molecule has 0 bridgehead atoms. The van der Waals surface area contributed by atoms with Crippen molar-refractivity contribution < 1.29 is 14.3 Å². The van der Waals surface area contributed by atoms with E-state index < -0.39 is 5.54 Å². The molecule has 32 heavy (non-hydrogen) atoms. The maximum atomic E-state index is 13.7. The van der Waals surface area contributed by atoms with Gasteiger partial charge in [0.05, 0.1) is 12.6 Å². The van der Waals surface area contributed by atoms with Gasteiger partial charge >= 0.3 is 0 Å². The maximum absolute atomic E-state index is 13.7. The first-order valence-corrected chi connectivity index (χ1v) is 11.4. The lowest BCUT2D eigenvalue weighted by atomic mass is 9.93. The third-order valence-electron chi connectivity index (χ3n) is 6.57. The quantitative estimate of drug-likeness (QED) is 0.637. The number of fused-ring (bicyclic) bond motifs is 3. The van der Waals surface area contributed by atoms with Crippen molar-refractivity contribution in [3.63, 3.8) is 0 Å². The zero-order valence-electron chi connectivity index (χ0n) is 18.0. The van der Waals surface area contributed by atoms with Gasteiger partial charge in [-0.15, -0.1) is 0 Å². The van der Waals surface area contributed by atoms with E-state index in [1.54, 1.807) is 11.0 Å². The standard InChI is InChI=1S/C25H26ClN3O3/c1-25(24(31)27-14-20-9-5-11-32-20)16-28-21-10-3-2-7-18(21)13-22(28)23(30)29(25)15-17-6-4-8-19(26)12-17/h2-4,6-8,10,12-13,20H,5,9,11,14-16H2,1H3,(H,27,31)/t20-,25-/m1/s1. The van der Waals surface area contributed by atoms with Crippen LogP contribution in [-0.4, -0.2) is 46.1 Å². The van der Waals surface area contributed by atoms with E-state index in [0.717, 1.165) is 35.9 Å². The molecule has 0 radical (unpaired) electrons. The van der Waals surface area contributed by atoms with Crippen LogP contribution in [0, 0.1) is 0 Å². The number of halogens is 1. The highest BCUT2D eigenvalue weighted by Gasteiger charge is 2.47. The minimum atomic E-state index is -1.06. The summed E-state index contributed by atoms with van der Waals surface area (Å²) < 4.78 is 7.64. The summed E-state index contributed by atoms with van der Waals surface area (Å²) in [6, 6.07) is 17.2. The van der Waals surface area contributed by atoms with E-state index in [-0.39, 0.29) is 17.9 Å². The van der Waals surface area contributed by atoms with Gasteiger partial charge in [0, 0.05) is 35.6 Å². The Morgan fingerprint density at radius 2 is 2.06 bits per heavy atom. The molecule has 1 aromatic heterocycles. The van der Waals surface area contributed by atoms with E-state index in [1.165, 1.54) is 0 Å². The van der Waals surface area contributed by atoms with Gasteiger partial charge in [0.2, 0.25) is 5.91 Å². The monoisotopic (exact) mass is 451 g/mol. The molecular formula is C25H26ClN3O3. The highest BCUT2D eigenvalue weighted by molar-refractivity contribution is 6.30. The second-order valence-corrected chi connectivity index (χ2v) is 9.25. The van der Waals surface area contributed by atoms with E-state index in [9.17, 15) is 9.59 Å². The lowest BCUT2D eigenvalue weighted by Crippen LogP contribution is -2.64. The molecule has 2 aliphatic heterocycles. The van der Waals surface area contributed by atoms with Crippen LogP contribution in [0.25, 0.3) is 10.9 Å². The number of hydrogen-bond acceptors (Lipinski definition) is 3. The first-order valence-electron chi connectivity index (χ1n) is 11.0. The molecule has 1 saturated heterocycles. The highest BCUT2D eigenvalue weighted by Crippen LogP contribution is 2.33. The van der Waals surface area contributed by atoms with Crippen LogP contribution in [0.15, 0.2) is 54.6 Å². The fraction of sp³-hybridized carbons (Fsp3) is 0.360. The molecular weight excluding hydrogens is 426 g/mol. The van der Waals surface area contributed by atoms with Gasteiger partial charge in [-0.05, 0) is 49.6 Å². The van der Waals surface area contributed by atoms with Crippen molar-refractivity contribution >= 4 is 34.3 Å². The Balaban J connectivity index is 1.52. The maximum Gasteiger partial charge on any atom is 0.271 e. The zero-order chi connectivity index (χ0) is 22.3. The lowest BCUT2D eigenvalue weighted by Gasteiger charge is -2.44. The van der Waals surface area contributed by atoms with Gasteiger partial charge in [0.25, 0.3) is 5.91 Å². The Bertz CT molecular complexity index is 1180. The molecule has 1 fully saturated rings. The van der Waals surface area contributed by atoms with Crippen molar-refractivity contribution in [2.45, 2.75) is 44.5 Å². The SMILES string of the molecule is C[C@]1(C(=O)NC[C@H]2CCCO2)Cn2c(cc3ccccc32)C(=O)N1Cc1cccc(Cl)c1. The van der Waals surface area contributed by atoms with Gasteiger partial charge in [-0.25, -0.2) is 0 Å². The summed E-state index contributed by atoms with van der Waals surface area (Å²) in [5, 5.41) is 4.65. The van der Waals surface area contributed by atoms with Crippen molar-refractivity contribution in [1.82, 2.24) is 14.8 Å². The van der Waals surface area contributed by atoms with Crippen LogP contribution in [0.1, 0.15) is 35.8 Å². The van der Waals surface area contributed by atoms with Gasteiger partial charge in [0.1, 0.15) is 11.2 Å². The number of rotatable bonds is 5. The summed E-state index contributed by atoms with van der Waals surface area (Å²) in [4.78, 5) is 29.0. The Morgan fingerprint density at radius 1 is 1.22 bits per heavy atom. The fourth-order valence-electron chi connectivity index (χ4n) is 4.77. The Morgan fingerprint density at radius 3 is 2.84 bits per heavy atom. The molecule has 3 heterocycles. The van der Waals surface area contributed by atoms with Crippen LogP contribution < -0.4 is 5.32 Å². The summed E-state index contributed by atoms with van der Waals surface area (Å²) in [6.07, 6.45) is 1.98. The van der Waals surface area contributed by atoms with Crippen LogP contribution in [0.3, 0.4) is 0 Å². The van der Waals surface area contributed by atoms with Crippen molar-refractivity contribution in [3.8, 4) is 0 Å². The van der Waals surface area contributed by atoms with E-state index >= 15 is 0 Å². The molecule has 0 unspecified atom stereocenters. The van der Waals surface area contributed by atoms with Crippen LogP contribution >= 0.6 is 11.6 Å². The van der Waals surface area contributed by atoms with Crippen molar-refractivity contribution in [2.24, 2.45) is 0 Å². The Kier molecular flexibility index (Phi) is 5.43. The molecule has 0 aliphatic carbocycles. The second kappa shape index (κ2) is 8.26. The number of para-hydroxylation sites is 1. The fourth-order valence-corrected chi connectivity index (χ4v) is 4.99. The molecule has 2 amide bonds. The number of ether oxygens (including phenoxy) is 1. The van der Waals surface area contributed by atoms with Crippen LogP contribution in [0.4, 0.5) is 0 Å². The molecule has 5 rings (SSSR count). The topological polar surface area (TPSA) is 63.6 Å². The molecule has 6 nitrogen and oxygen atoms in total. The van der Waals surface area contributed by atoms with E-state index in [2.05, 4.69) is 5.32 Å². The first-order chi connectivity index (χ1) is 15.5. The molecule has 1 N–H and O–H groups in total. The van der Waals surface area contributed by atoms with Gasteiger partial charge in [-0.3, -0.25) is 9.59 Å². The third-order valence-corrected chi connectivity index (χ3v) is 6.80. The normalized spacial score (nSPS) is 22.9. The predicted octanol–water partition coefficient (Wildman–Crippen LogP) is 4.00. The van der Waals surface area contributed by atoms with Gasteiger partial charge < -0.3 is 19.5 Å². The summed E-state index contributed by atoms with van der Waals surface area (Å²) in [6.45, 7) is 3.70. The first kappa shape index (κ1) is 21.0. The van der Waals surface area contributed by atoms with Crippen LogP contribution in [-0.2, 0) is 22.6 Å². The van der Waals surface area contributed by atoms with E-state index in [1.807, 2.05) is 60.0 Å². The smallest absolute Gasteiger partial charge is 0.271 e. The average molecular weight is 452 g/mol. The number of hydrogen-bond donors (Lipinski definition) is 1. The number of amides is 2. The number of aromatic nitrogens is 1. The van der Waals surface area contributed by atoms with E-state index in [0.29, 0.717) is 30.4 Å². The number of carbonyl (C=O) groups is 2. The Labute approximate surface area is 192 Å². The predicted molar refractivity (Wildman–Crippen MR) is 124 cm³/mol. The van der Waals surface area contributed by atoms with Crippen LogP contribution in [0.2, 0.25) is 5.02 Å². The number of nitrogens with one attached hydrogen (secondary N) is 1. The molecule has 7 heteroatoms. The van der Waals surface area contributed by atoms with E-state index in [4.69, 9.17) is 16.3 Å². The highest BCUT2D eigenvalue weighted by atomic mass is 35.5. The number of benzene rings is 2. The summed E-state index contributed by atoms with van der Waals surface area (Å²) in [7, 11) is 0. The van der Waals surface area contributed by atoms with Crippen LogP contribution in [0.5, 0.6) is 0 Å². The summed E-state index contributed by atoms with van der Waals surface area (Å²) in [5.74, 6) is -0.339. The summed E-state index contributed by atoms with van der Waals surface area (Å²) >= 11 is 6.19. The van der Waals surface area contributed by atoms with Crippen molar-refractivity contribution in [1.29, 1.82) is 0 Å². The molecule has 166 valence electrons. The molecule has 0 saturated carbocycles. The molecule has 0 spiro atoms. The van der Waals surface area contributed by atoms with Crippen molar-refractivity contribution in [2.75, 3.05) is 13.2 Å². The zero-order valence-corrected chi connectivity index (χ0v) is 18.8. The molecule has 3 aromatic rings. The average Bonchev–Trinajstić information content (AvgIpc) is 3.43. The second-order valence-electron chi connectivity index (χ2n) is 8.81. The molecule has 2 aliphatic rings. The van der Waals surface area contributed by atoms with Crippen molar-refractivity contribution in [3.05, 3.63) is 70.9 Å².